The number of carbonyl (C=O) groups excluding carboxylic acids is 2. The molecule has 422 valence electrons. The molecule has 0 radical (unpaired) electrons. The number of amides is 1. The number of ether oxygens (including phenoxy) is 1. The summed E-state index contributed by atoms with van der Waals surface area (Å²) >= 11 is 0. The van der Waals surface area contributed by atoms with Crippen LogP contribution in [0.4, 0.5) is 0 Å². The molecule has 0 aliphatic carbocycles. The molecule has 0 aromatic rings. The molecule has 0 heterocycles. The van der Waals surface area contributed by atoms with E-state index in [2.05, 4.69) is 67.8 Å². The Bertz CT molecular complexity index is 1210. The molecule has 6 nitrogen and oxygen atoms in total. The van der Waals surface area contributed by atoms with Crippen molar-refractivity contribution in [2.45, 2.75) is 347 Å². The highest BCUT2D eigenvalue weighted by molar-refractivity contribution is 5.76. The molecule has 0 bridgehead atoms. The second-order valence-electron chi connectivity index (χ2n) is 21.7. The van der Waals surface area contributed by atoms with Gasteiger partial charge in [0.05, 0.1) is 25.4 Å². The van der Waals surface area contributed by atoms with Crippen LogP contribution in [0.25, 0.3) is 0 Å². The first-order chi connectivity index (χ1) is 35.5. The molecule has 0 spiro atoms. The average molecular weight is 1010 g/mol. The van der Waals surface area contributed by atoms with Crippen molar-refractivity contribution in [1.29, 1.82) is 0 Å². The van der Waals surface area contributed by atoms with E-state index in [4.69, 9.17) is 4.74 Å². The highest BCUT2D eigenvalue weighted by atomic mass is 16.5. The van der Waals surface area contributed by atoms with Gasteiger partial charge in [-0.05, 0) is 83.5 Å². The van der Waals surface area contributed by atoms with E-state index in [9.17, 15) is 19.8 Å². The van der Waals surface area contributed by atoms with Crippen molar-refractivity contribution in [3.05, 3.63) is 48.6 Å². The maximum Gasteiger partial charge on any atom is 0.305 e. The molecule has 0 rings (SSSR count). The number of esters is 1. The van der Waals surface area contributed by atoms with Gasteiger partial charge in [0.15, 0.2) is 0 Å². The highest BCUT2D eigenvalue weighted by Gasteiger charge is 2.20. The lowest BCUT2D eigenvalue weighted by Gasteiger charge is -2.22. The summed E-state index contributed by atoms with van der Waals surface area (Å²) in [4.78, 5) is 24.5. The molecule has 0 aromatic heterocycles. The van der Waals surface area contributed by atoms with Gasteiger partial charge in [0, 0.05) is 12.8 Å². The maximum absolute atomic E-state index is 12.5. The van der Waals surface area contributed by atoms with Crippen molar-refractivity contribution in [2.24, 2.45) is 0 Å². The molecule has 2 unspecified atom stereocenters. The van der Waals surface area contributed by atoms with Crippen LogP contribution in [0, 0.1) is 0 Å². The number of allylic oxidation sites excluding steroid dienone is 8. The summed E-state index contributed by atoms with van der Waals surface area (Å²) in [5.74, 6) is -0.0456. The molecule has 0 aliphatic heterocycles. The van der Waals surface area contributed by atoms with Crippen LogP contribution in [0.5, 0.6) is 0 Å². The van der Waals surface area contributed by atoms with Gasteiger partial charge in [-0.3, -0.25) is 9.59 Å². The lowest BCUT2D eigenvalue weighted by atomic mass is 10.0. The van der Waals surface area contributed by atoms with Gasteiger partial charge < -0.3 is 20.3 Å². The molecule has 0 saturated carbocycles. The number of rotatable bonds is 59. The number of aliphatic hydroxyl groups excluding tert-OH is 2. The summed E-state index contributed by atoms with van der Waals surface area (Å²) in [5.41, 5.74) is 0. The Morgan fingerprint density at radius 1 is 0.389 bits per heavy atom. The second-order valence-corrected chi connectivity index (χ2v) is 21.7. The first-order valence-corrected chi connectivity index (χ1v) is 31.9. The number of aliphatic hydroxyl groups is 2. The Morgan fingerprint density at radius 3 is 1.10 bits per heavy atom. The fourth-order valence-corrected chi connectivity index (χ4v) is 9.69. The van der Waals surface area contributed by atoms with Crippen molar-refractivity contribution in [1.82, 2.24) is 5.32 Å². The quantitative estimate of drug-likeness (QED) is 0.0320. The van der Waals surface area contributed by atoms with Gasteiger partial charge >= 0.3 is 5.97 Å². The molecule has 0 saturated heterocycles. The Balaban J connectivity index is 3.44. The molecular weight excluding hydrogens is 887 g/mol. The van der Waals surface area contributed by atoms with Crippen molar-refractivity contribution < 1.29 is 24.5 Å². The molecule has 0 fully saturated rings. The summed E-state index contributed by atoms with van der Waals surface area (Å²) in [7, 11) is 0. The fourth-order valence-electron chi connectivity index (χ4n) is 9.69. The Hall–Kier alpha value is -2.18. The second kappa shape index (κ2) is 61.4. The third-order valence-corrected chi connectivity index (χ3v) is 14.6. The molecule has 0 aromatic carbocycles. The predicted molar refractivity (Wildman–Crippen MR) is 315 cm³/mol. The van der Waals surface area contributed by atoms with Crippen LogP contribution in [0.1, 0.15) is 335 Å². The summed E-state index contributed by atoms with van der Waals surface area (Å²) in [6.07, 6.45) is 78.4. The molecule has 0 aliphatic rings. The molecule has 3 N–H and O–H groups in total. The van der Waals surface area contributed by atoms with Gasteiger partial charge in [0.2, 0.25) is 5.91 Å². The zero-order valence-corrected chi connectivity index (χ0v) is 48.2. The number of carbonyl (C=O) groups is 2. The van der Waals surface area contributed by atoms with Gasteiger partial charge in [-0.25, -0.2) is 0 Å². The Labute approximate surface area is 448 Å². The van der Waals surface area contributed by atoms with Gasteiger partial charge in [-0.2, -0.15) is 0 Å². The summed E-state index contributed by atoms with van der Waals surface area (Å²) in [5, 5.41) is 23.3. The largest absolute Gasteiger partial charge is 0.466 e. The Morgan fingerprint density at radius 2 is 0.708 bits per heavy atom. The third-order valence-electron chi connectivity index (χ3n) is 14.6. The van der Waals surface area contributed by atoms with Crippen LogP contribution in [-0.2, 0) is 14.3 Å². The minimum atomic E-state index is -0.669. The van der Waals surface area contributed by atoms with E-state index >= 15 is 0 Å². The zero-order chi connectivity index (χ0) is 52.2. The first-order valence-electron chi connectivity index (χ1n) is 31.9. The van der Waals surface area contributed by atoms with Crippen LogP contribution in [0.2, 0.25) is 0 Å². The first kappa shape index (κ1) is 69.8. The number of nitrogens with one attached hydrogen (secondary N) is 1. The monoisotopic (exact) mass is 1010 g/mol. The van der Waals surface area contributed by atoms with E-state index < -0.39 is 12.1 Å². The fraction of sp³-hybridized carbons (Fsp3) is 0.848. The summed E-state index contributed by atoms with van der Waals surface area (Å²) in [6.45, 7) is 4.91. The van der Waals surface area contributed by atoms with Gasteiger partial charge in [-0.15, -0.1) is 0 Å². The topological polar surface area (TPSA) is 95.9 Å². The van der Waals surface area contributed by atoms with Crippen LogP contribution < -0.4 is 5.32 Å². The highest BCUT2D eigenvalue weighted by Crippen LogP contribution is 2.17. The van der Waals surface area contributed by atoms with Crippen molar-refractivity contribution in [3.63, 3.8) is 0 Å². The molecular formula is C66H123NO5. The third kappa shape index (κ3) is 57.1. The van der Waals surface area contributed by atoms with Crippen molar-refractivity contribution in [3.8, 4) is 0 Å². The normalized spacial score (nSPS) is 12.9. The zero-order valence-electron chi connectivity index (χ0n) is 48.2. The van der Waals surface area contributed by atoms with Gasteiger partial charge in [0.25, 0.3) is 0 Å². The molecule has 2 atom stereocenters. The summed E-state index contributed by atoms with van der Waals surface area (Å²) < 4.78 is 5.47. The standard InChI is InChI=1S/C66H123NO5/c1-3-5-7-9-11-13-15-17-19-31-34-38-42-46-50-54-58-64(69)63(62-68)67-65(70)59-55-51-47-43-39-35-32-29-27-25-23-21-20-22-24-26-28-30-33-37-41-45-49-53-57-61-72-66(71)60-56-52-48-44-40-36-18-16-14-12-10-8-6-4-2/h10,12,16,18,21-24,63-64,68-69H,3-9,11,13-15,17,19-20,25-62H2,1-2H3,(H,67,70)/b12-10-,18-16-,23-21-,24-22-. The molecule has 72 heavy (non-hydrogen) atoms. The molecule has 6 heteroatoms. The number of unbranched alkanes of at least 4 members (excludes halogenated alkanes) is 40. The van der Waals surface area contributed by atoms with Gasteiger partial charge in [0.1, 0.15) is 0 Å². The lowest BCUT2D eigenvalue weighted by Crippen LogP contribution is -2.45. The minimum Gasteiger partial charge on any atom is -0.466 e. The van der Waals surface area contributed by atoms with Crippen LogP contribution in [0.3, 0.4) is 0 Å². The van der Waals surface area contributed by atoms with E-state index in [-0.39, 0.29) is 18.5 Å². The van der Waals surface area contributed by atoms with E-state index in [1.54, 1.807) is 0 Å². The SMILES string of the molecule is CCCC/C=C\C/C=C\CCCCCCCC(=O)OCCCCCCCCCCC/C=C\C/C=C\CCCCCCCCCCCC(=O)NC(CO)C(O)CCCCCCCCCCCCCCCCCC. The Kier molecular flexibility index (Phi) is 59.5. The predicted octanol–water partition coefficient (Wildman–Crippen LogP) is 20.1. The van der Waals surface area contributed by atoms with E-state index in [1.807, 2.05) is 0 Å². The number of hydrogen-bond donors (Lipinski definition) is 3. The lowest BCUT2D eigenvalue weighted by molar-refractivity contribution is -0.143. The van der Waals surface area contributed by atoms with Crippen LogP contribution in [-0.4, -0.2) is 47.4 Å². The minimum absolute atomic E-state index is 0.00582. The van der Waals surface area contributed by atoms with E-state index in [1.165, 1.54) is 244 Å². The van der Waals surface area contributed by atoms with Crippen molar-refractivity contribution >= 4 is 11.9 Å². The van der Waals surface area contributed by atoms with E-state index in [0.29, 0.717) is 25.9 Å². The number of hydrogen-bond acceptors (Lipinski definition) is 5. The average Bonchev–Trinajstić information content (AvgIpc) is 3.38. The van der Waals surface area contributed by atoms with Crippen molar-refractivity contribution in [2.75, 3.05) is 13.2 Å². The van der Waals surface area contributed by atoms with Crippen LogP contribution in [0.15, 0.2) is 48.6 Å². The summed E-state index contributed by atoms with van der Waals surface area (Å²) in [6, 6.07) is -0.547. The van der Waals surface area contributed by atoms with E-state index in [0.717, 1.165) is 57.8 Å². The molecule has 1 amide bonds. The maximum atomic E-state index is 12.5. The smallest absolute Gasteiger partial charge is 0.305 e. The van der Waals surface area contributed by atoms with Gasteiger partial charge in [-0.1, -0.05) is 287 Å². The van der Waals surface area contributed by atoms with Crippen LogP contribution >= 0.6 is 0 Å².